The fourth-order valence-electron chi connectivity index (χ4n) is 3.26. The van der Waals surface area contributed by atoms with Crippen LogP contribution in [-0.4, -0.2) is 18.0 Å². The number of anilines is 1. The summed E-state index contributed by atoms with van der Waals surface area (Å²) in [5, 5.41) is 3.58. The lowest BCUT2D eigenvalue weighted by Gasteiger charge is -2.10. The minimum absolute atomic E-state index is 0.292. The molecular weight excluding hydrogens is 383 g/mol. The van der Waals surface area contributed by atoms with Gasteiger partial charge in [0.15, 0.2) is 0 Å². The molecule has 0 spiro atoms. The van der Waals surface area contributed by atoms with Gasteiger partial charge in [0.05, 0.1) is 13.4 Å². The van der Waals surface area contributed by atoms with Gasteiger partial charge in [-0.2, -0.15) is 0 Å². The number of hydrogen-bond acceptors (Lipinski definition) is 4. The van der Waals surface area contributed by atoms with E-state index in [1.54, 1.807) is 56.0 Å². The smallest absolute Gasteiger partial charge is 0.249 e. The zero-order chi connectivity index (χ0) is 21.1. The highest BCUT2D eigenvalue weighted by atomic mass is 19.1. The molecule has 1 amide bonds. The second-order valence-corrected chi connectivity index (χ2v) is 6.74. The Morgan fingerprint density at radius 1 is 1.17 bits per heavy atom. The summed E-state index contributed by atoms with van der Waals surface area (Å²) in [4.78, 5) is 16.5. The first kappa shape index (κ1) is 19.4. The van der Waals surface area contributed by atoms with Gasteiger partial charge in [-0.25, -0.2) is 9.37 Å². The lowest BCUT2D eigenvalue weighted by Crippen LogP contribution is -2.09. The van der Waals surface area contributed by atoms with E-state index in [0.717, 1.165) is 22.1 Å². The van der Waals surface area contributed by atoms with E-state index in [2.05, 4.69) is 10.3 Å². The molecule has 6 heteroatoms. The van der Waals surface area contributed by atoms with E-state index in [9.17, 15) is 9.18 Å². The van der Waals surface area contributed by atoms with Crippen LogP contribution in [0.15, 0.2) is 77.6 Å². The number of carbonyl (C=O) groups is 1. The van der Waals surface area contributed by atoms with Crippen molar-refractivity contribution in [3.05, 3.63) is 84.5 Å². The van der Waals surface area contributed by atoms with Crippen LogP contribution in [0, 0.1) is 5.82 Å². The number of nitrogens with one attached hydrogen (secondary N) is 1. The van der Waals surface area contributed by atoms with E-state index in [4.69, 9.17) is 9.15 Å². The minimum Gasteiger partial charge on any atom is -0.496 e. The molecule has 30 heavy (non-hydrogen) atoms. The van der Waals surface area contributed by atoms with Crippen molar-refractivity contribution in [3.8, 4) is 16.9 Å². The van der Waals surface area contributed by atoms with Crippen molar-refractivity contribution in [1.82, 2.24) is 4.98 Å². The van der Waals surface area contributed by atoms with Gasteiger partial charge in [0, 0.05) is 34.9 Å². The van der Waals surface area contributed by atoms with Gasteiger partial charge in [-0.3, -0.25) is 4.79 Å². The Labute approximate surface area is 172 Å². The minimum atomic E-state index is -0.299. The second-order valence-electron chi connectivity index (χ2n) is 6.74. The average molecular weight is 402 g/mol. The fourth-order valence-corrected chi connectivity index (χ4v) is 3.26. The maximum absolute atomic E-state index is 13.3. The number of carbonyl (C=O) groups excluding carboxylic acids is 1. The Morgan fingerprint density at radius 2 is 1.97 bits per heavy atom. The van der Waals surface area contributed by atoms with Crippen LogP contribution in [0.1, 0.15) is 12.5 Å². The maximum atomic E-state index is 13.3. The van der Waals surface area contributed by atoms with Crippen molar-refractivity contribution < 1.29 is 18.3 Å². The summed E-state index contributed by atoms with van der Waals surface area (Å²) in [6.45, 7) is 1.83. The molecule has 0 saturated carbocycles. The van der Waals surface area contributed by atoms with Crippen LogP contribution in [0.3, 0.4) is 0 Å². The monoisotopic (exact) mass is 402 g/mol. The topological polar surface area (TPSA) is 64.4 Å². The normalized spacial score (nSPS) is 11.5. The van der Waals surface area contributed by atoms with Crippen molar-refractivity contribution >= 4 is 28.3 Å². The van der Waals surface area contributed by atoms with Crippen LogP contribution >= 0.6 is 0 Å². The average Bonchev–Trinajstić information content (AvgIpc) is 3.16. The summed E-state index contributed by atoms with van der Waals surface area (Å²) in [6.07, 6.45) is 4.74. The Hall–Kier alpha value is -3.93. The van der Waals surface area contributed by atoms with E-state index in [-0.39, 0.29) is 11.7 Å². The first-order valence-corrected chi connectivity index (χ1v) is 9.31. The van der Waals surface area contributed by atoms with Crippen LogP contribution in [-0.2, 0) is 4.79 Å². The molecule has 0 radical (unpaired) electrons. The van der Waals surface area contributed by atoms with E-state index < -0.39 is 0 Å². The summed E-state index contributed by atoms with van der Waals surface area (Å²) in [7, 11) is 1.57. The molecule has 2 aromatic carbocycles. The third-order valence-corrected chi connectivity index (χ3v) is 4.74. The van der Waals surface area contributed by atoms with Gasteiger partial charge in [0.1, 0.15) is 23.0 Å². The van der Waals surface area contributed by atoms with Gasteiger partial charge in [-0.15, -0.1) is 0 Å². The van der Waals surface area contributed by atoms with Crippen LogP contribution in [0.5, 0.6) is 5.75 Å². The zero-order valence-corrected chi connectivity index (χ0v) is 16.5. The Bertz CT molecular complexity index is 1230. The van der Waals surface area contributed by atoms with Gasteiger partial charge in [-0.1, -0.05) is 18.2 Å². The van der Waals surface area contributed by atoms with E-state index in [1.807, 2.05) is 13.0 Å². The van der Waals surface area contributed by atoms with Gasteiger partial charge in [-0.05, 0) is 48.4 Å². The summed E-state index contributed by atoms with van der Waals surface area (Å²) >= 11 is 0. The molecule has 0 bridgehead atoms. The lowest BCUT2D eigenvalue weighted by atomic mass is 9.99. The number of ether oxygens (including phenoxy) is 1. The van der Waals surface area contributed by atoms with Crippen LogP contribution in [0.4, 0.5) is 10.2 Å². The number of amides is 1. The molecule has 5 nitrogen and oxygen atoms in total. The molecular formula is C24H19FN2O3. The molecule has 0 aliphatic rings. The number of rotatable bonds is 5. The maximum Gasteiger partial charge on any atom is 0.249 e. The standard InChI is InChI=1S/C24H19FN2O3/c1-15(11-24(28)27-23-5-3-4-10-26-23)18-12-19-20(16-6-8-17(25)9-7-16)14-30-22(19)13-21(18)29-2/h3-14H,1-2H3,(H,26,27,28)/b15-11+. The SMILES string of the molecule is COc1cc2occ(-c3ccc(F)cc3)c2cc1/C(C)=C/C(=O)Nc1ccccn1. The lowest BCUT2D eigenvalue weighted by molar-refractivity contribution is -0.111. The molecule has 0 saturated heterocycles. The summed E-state index contributed by atoms with van der Waals surface area (Å²) < 4.78 is 24.5. The molecule has 4 aromatic rings. The van der Waals surface area contributed by atoms with E-state index >= 15 is 0 Å². The van der Waals surface area contributed by atoms with E-state index in [1.165, 1.54) is 18.2 Å². The predicted molar refractivity (Wildman–Crippen MR) is 115 cm³/mol. The zero-order valence-electron chi connectivity index (χ0n) is 16.5. The fraction of sp³-hybridized carbons (Fsp3) is 0.0833. The highest BCUT2D eigenvalue weighted by molar-refractivity contribution is 6.05. The van der Waals surface area contributed by atoms with Crippen LogP contribution in [0.25, 0.3) is 27.7 Å². The Morgan fingerprint density at radius 3 is 2.67 bits per heavy atom. The van der Waals surface area contributed by atoms with Gasteiger partial charge in [0.2, 0.25) is 5.91 Å². The third kappa shape index (κ3) is 3.93. The van der Waals surface area contributed by atoms with Crippen molar-refractivity contribution in [2.24, 2.45) is 0 Å². The molecule has 0 atom stereocenters. The Balaban J connectivity index is 1.72. The summed E-state index contributed by atoms with van der Waals surface area (Å²) in [5.41, 5.74) is 3.78. The first-order chi connectivity index (χ1) is 14.5. The molecule has 4 rings (SSSR count). The molecule has 150 valence electrons. The molecule has 2 heterocycles. The Kier molecular flexibility index (Phi) is 5.30. The largest absolute Gasteiger partial charge is 0.496 e. The number of benzene rings is 2. The number of furan rings is 1. The summed E-state index contributed by atoms with van der Waals surface area (Å²) in [5.74, 6) is 0.468. The number of nitrogens with zero attached hydrogens (tertiary/aromatic N) is 1. The quantitative estimate of drug-likeness (QED) is 0.436. The predicted octanol–water partition coefficient (Wildman–Crippen LogP) is 5.68. The molecule has 1 N–H and O–H groups in total. The molecule has 0 unspecified atom stereocenters. The van der Waals surface area contributed by atoms with Crippen LogP contribution in [0.2, 0.25) is 0 Å². The van der Waals surface area contributed by atoms with Crippen LogP contribution < -0.4 is 10.1 Å². The number of pyridine rings is 1. The number of allylic oxidation sites excluding steroid dienone is 1. The van der Waals surface area contributed by atoms with Crippen molar-refractivity contribution in [2.75, 3.05) is 12.4 Å². The van der Waals surface area contributed by atoms with Crippen molar-refractivity contribution in [2.45, 2.75) is 6.92 Å². The highest BCUT2D eigenvalue weighted by Gasteiger charge is 2.15. The molecule has 0 fully saturated rings. The second kappa shape index (κ2) is 8.21. The van der Waals surface area contributed by atoms with Gasteiger partial charge < -0.3 is 14.5 Å². The number of aromatic nitrogens is 1. The third-order valence-electron chi connectivity index (χ3n) is 4.74. The number of hydrogen-bond donors (Lipinski definition) is 1. The molecule has 0 aliphatic heterocycles. The molecule has 0 aliphatic carbocycles. The van der Waals surface area contributed by atoms with Crippen molar-refractivity contribution in [3.63, 3.8) is 0 Å². The number of halogens is 1. The van der Waals surface area contributed by atoms with Gasteiger partial charge >= 0.3 is 0 Å². The first-order valence-electron chi connectivity index (χ1n) is 9.31. The summed E-state index contributed by atoms with van der Waals surface area (Å²) in [6, 6.07) is 15.2. The number of methoxy groups -OCH3 is 1. The molecule has 2 aromatic heterocycles. The van der Waals surface area contributed by atoms with Crippen molar-refractivity contribution in [1.29, 1.82) is 0 Å². The highest BCUT2D eigenvalue weighted by Crippen LogP contribution is 2.37. The van der Waals surface area contributed by atoms with Gasteiger partial charge in [0.25, 0.3) is 0 Å². The van der Waals surface area contributed by atoms with E-state index in [0.29, 0.717) is 22.7 Å². The number of fused-ring (bicyclic) bond motifs is 1.